The first-order valence-electron chi connectivity index (χ1n) is 9.20. The van der Waals surface area contributed by atoms with E-state index in [0.717, 1.165) is 25.8 Å². The number of hydrogen-bond acceptors (Lipinski definition) is 7. The van der Waals surface area contributed by atoms with Crippen molar-refractivity contribution in [2.45, 2.75) is 80.4 Å². The monoisotopic (exact) mass is 410 g/mol. The Morgan fingerprint density at radius 3 is 2.62 bits per heavy atom. The lowest BCUT2D eigenvalue weighted by molar-refractivity contribution is -0.205. The molecule has 0 aromatic rings. The Bertz CT molecular complexity index is 470. The Morgan fingerprint density at radius 1 is 1.35 bits per heavy atom. The fourth-order valence-corrected chi connectivity index (χ4v) is 4.54. The van der Waals surface area contributed by atoms with Gasteiger partial charge in [0, 0.05) is 0 Å². The molecular weight excluding hydrogens is 380 g/mol. The van der Waals surface area contributed by atoms with Gasteiger partial charge in [-0.05, 0) is 38.5 Å². The van der Waals surface area contributed by atoms with E-state index >= 15 is 0 Å². The molecule has 2 rings (SSSR count). The summed E-state index contributed by atoms with van der Waals surface area (Å²) in [7, 11) is 0. The van der Waals surface area contributed by atoms with E-state index in [0.29, 0.717) is 5.92 Å². The van der Waals surface area contributed by atoms with Crippen LogP contribution in [0.3, 0.4) is 0 Å². The van der Waals surface area contributed by atoms with Gasteiger partial charge in [-0.3, -0.25) is 4.79 Å². The molecule has 9 atom stereocenters. The minimum absolute atomic E-state index is 0.183. The van der Waals surface area contributed by atoms with Crippen LogP contribution in [0.1, 0.15) is 33.1 Å². The number of aliphatic hydroxyl groups excluding tert-OH is 3. The number of carbonyl (C=O) groups excluding carboxylic acids is 1. The third-order valence-corrected chi connectivity index (χ3v) is 6.53. The van der Waals surface area contributed by atoms with Gasteiger partial charge in [0.25, 0.3) is 0 Å². The first-order valence-corrected chi connectivity index (χ1v) is 10.9. The lowest BCUT2D eigenvalue weighted by Gasteiger charge is -2.44. The van der Waals surface area contributed by atoms with Gasteiger partial charge in [-0.2, -0.15) is 0 Å². The fraction of sp³-hybridized carbons (Fsp3) is 0.941. The standard InChI is InChI=1S/C17H31ClN2O5S/c1-4-9-5-6-19-10(7-9)16(24)20-11(8(2)18)15-13(22)12(21)14(23)17(25-15)26-3/h8-15,17,19,21-23H,4-7H2,1-3H3,(H,20,24)/t8-,9-,10+,11?,12+,13+,14-,15?,17-/m1/s1. The summed E-state index contributed by atoms with van der Waals surface area (Å²) in [5.41, 5.74) is -0.703. The highest BCUT2D eigenvalue weighted by Gasteiger charge is 2.48. The van der Waals surface area contributed by atoms with Crippen molar-refractivity contribution in [3.8, 4) is 0 Å². The van der Waals surface area contributed by atoms with Crippen LogP contribution in [-0.4, -0.2) is 81.3 Å². The van der Waals surface area contributed by atoms with Crippen LogP contribution in [0.2, 0.25) is 0 Å². The number of hydrogen-bond donors (Lipinski definition) is 5. The van der Waals surface area contributed by atoms with Crippen molar-refractivity contribution in [3.63, 3.8) is 0 Å². The van der Waals surface area contributed by atoms with E-state index in [1.165, 1.54) is 11.8 Å². The molecule has 2 aliphatic rings. The van der Waals surface area contributed by atoms with Gasteiger partial charge in [-0.15, -0.1) is 23.4 Å². The number of piperidine rings is 1. The van der Waals surface area contributed by atoms with E-state index in [-0.39, 0.29) is 11.9 Å². The van der Waals surface area contributed by atoms with E-state index in [1.54, 1.807) is 13.2 Å². The zero-order valence-corrected chi connectivity index (χ0v) is 17.0. The number of thioether (sulfide) groups is 1. The number of ether oxygens (including phenoxy) is 1. The third kappa shape index (κ3) is 5.04. The molecule has 2 fully saturated rings. The van der Waals surface area contributed by atoms with Crippen molar-refractivity contribution in [2.24, 2.45) is 5.92 Å². The van der Waals surface area contributed by atoms with E-state index < -0.39 is 41.3 Å². The Kier molecular flexibility index (Phi) is 8.46. The van der Waals surface area contributed by atoms with Crippen LogP contribution < -0.4 is 10.6 Å². The number of carbonyl (C=O) groups is 1. The number of nitrogens with one attached hydrogen (secondary N) is 2. The van der Waals surface area contributed by atoms with Gasteiger partial charge in [-0.1, -0.05) is 13.3 Å². The number of halogens is 1. The molecule has 0 radical (unpaired) electrons. The highest BCUT2D eigenvalue weighted by Crippen LogP contribution is 2.30. The molecule has 1 amide bonds. The predicted octanol–water partition coefficient (Wildman–Crippen LogP) is 0.0473. The molecule has 0 aliphatic carbocycles. The van der Waals surface area contributed by atoms with Crippen LogP contribution in [-0.2, 0) is 9.53 Å². The van der Waals surface area contributed by atoms with Gasteiger partial charge in [0.05, 0.1) is 17.5 Å². The van der Waals surface area contributed by atoms with Crippen molar-refractivity contribution in [1.29, 1.82) is 0 Å². The summed E-state index contributed by atoms with van der Waals surface area (Å²) >= 11 is 7.51. The van der Waals surface area contributed by atoms with Crippen LogP contribution in [0.25, 0.3) is 0 Å². The number of alkyl halides is 1. The van der Waals surface area contributed by atoms with Gasteiger partial charge in [0.1, 0.15) is 29.9 Å². The van der Waals surface area contributed by atoms with Crippen LogP contribution in [0.15, 0.2) is 0 Å². The third-order valence-electron chi connectivity index (χ3n) is 5.40. The van der Waals surface area contributed by atoms with Crippen molar-refractivity contribution >= 4 is 29.3 Å². The molecule has 0 saturated carbocycles. The highest BCUT2D eigenvalue weighted by molar-refractivity contribution is 7.99. The molecule has 9 heteroatoms. The summed E-state index contributed by atoms with van der Waals surface area (Å²) in [4.78, 5) is 12.7. The molecular formula is C17H31ClN2O5S. The minimum Gasteiger partial charge on any atom is -0.388 e. The molecule has 0 aromatic heterocycles. The Balaban J connectivity index is 2.09. The number of amides is 1. The summed E-state index contributed by atoms with van der Waals surface area (Å²) in [6, 6.07) is -1.00. The normalized spacial score (nSPS) is 40.7. The van der Waals surface area contributed by atoms with Crippen LogP contribution in [0.4, 0.5) is 0 Å². The van der Waals surface area contributed by atoms with Crippen molar-refractivity contribution in [3.05, 3.63) is 0 Å². The molecule has 5 N–H and O–H groups in total. The Hall–Kier alpha value is -0.0900. The van der Waals surface area contributed by atoms with Crippen LogP contribution in [0.5, 0.6) is 0 Å². The smallest absolute Gasteiger partial charge is 0.237 e. The summed E-state index contributed by atoms with van der Waals surface area (Å²) in [6.45, 7) is 4.62. The van der Waals surface area contributed by atoms with E-state index in [1.807, 2.05) is 0 Å². The summed E-state index contributed by atoms with van der Waals surface area (Å²) in [5.74, 6) is 0.325. The van der Waals surface area contributed by atoms with Crippen molar-refractivity contribution in [2.75, 3.05) is 12.8 Å². The highest BCUT2D eigenvalue weighted by atomic mass is 35.5. The SMILES string of the molecule is CC[C@@H]1CCN[C@H](C(=O)NC(C2O[C@H](SC)[C@H](O)[C@@H](O)[C@@H]2O)[C@@H](C)Cl)C1. The second-order valence-electron chi connectivity index (χ2n) is 7.19. The molecule has 26 heavy (non-hydrogen) atoms. The molecule has 0 aromatic carbocycles. The number of aliphatic hydroxyl groups is 3. The Morgan fingerprint density at radius 2 is 2.04 bits per heavy atom. The summed E-state index contributed by atoms with van der Waals surface area (Å²) in [5, 5.41) is 36.1. The van der Waals surface area contributed by atoms with Crippen molar-refractivity contribution in [1.82, 2.24) is 10.6 Å². The maximum Gasteiger partial charge on any atom is 0.237 e. The molecule has 0 bridgehead atoms. The first kappa shape index (κ1) is 22.2. The van der Waals surface area contributed by atoms with Gasteiger partial charge in [0.2, 0.25) is 5.91 Å². The second kappa shape index (κ2) is 9.91. The lowest BCUT2D eigenvalue weighted by atomic mass is 9.89. The van der Waals surface area contributed by atoms with Gasteiger partial charge < -0.3 is 30.7 Å². The molecule has 2 unspecified atom stereocenters. The zero-order valence-electron chi connectivity index (χ0n) is 15.5. The zero-order chi connectivity index (χ0) is 19.4. The van der Waals surface area contributed by atoms with Gasteiger partial charge >= 0.3 is 0 Å². The molecule has 2 heterocycles. The quantitative estimate of drug-likeness (QED) is 0.393. The lowest BCUT2D eigenvalue weighted by Crippen LogP contribution is -2.65. The number of rotatable bonds is 6. The average Bonchev–Trinajstić information content (AvgIpc) is 2.64. The van der Waals surface area contributed by atoms with E-state index in [4.69, 9.17) is 16.3 Å². The second-order valence-corrected chi connectivity index (χ2v) is 8.82. The van der Waals surface area contributed by atoms with Crippen LogP contribution >= 0.6 is 23.4 Å². The maximum atomic E-state index is 12.7. The topological polar surface area (TPSA) is 111 Å². The molecule has 2 aliphatic heterocycles. The molecule has 2 saturated heterocycles. The van der Waals surface area contributed by atoms with Crippen LogP contribution in [0, 0.1) is 5.92 Å². The Labute approximate surface area is 164 Å². The molecule has 0 spiro atoms. The maximum absolute atomic E-state index is 12.7. The predicted molar refractivity (Wildman–Crippen MR) is 102 cm³/mol. The molecule has 7 nitrogen and oxygen atoms in total. The van der Waals surface area contributed by atoms with Crippen molar-refractivity contribution < 1.29 is 24.9 Å². The minimum atomic E-state index is -1.36. The van der Waals surface area contributed by atoms with Gasteiger partial charge in [0.15, 0.2) is 0 Å². The van der Waals surface area contributed by atoms with Gasteiger partial charge in [-0.25, -0.2) is 0 Å². The first-order chi connectivity index (χ1) is 12.3. The largest absolute Gasteiger partial charge is 0.388 e. The summed E-state index contributed by atoms with van der Waals surface area (Å²) in [6.07, 6.45) is -0.236. The van der Waals surface area contributed by atoms with E-state index in [9.17, 15) is 20.1 Å². The molecule has 152 valence electrons. The fourth-order valence-electron chi connectivity index (χ4n) is 3.66. The summed E-state index contributed by atoms with van der Waals surface area (Å²) < 4.78 is 5.77. The average molecular weight is 411 g/mol. The van der Waals surface area contributed by atoms with E-state index in [2.05, 4.69) is 17.6 Å².